The van der Waals surface area contributed by atoms with Gasteiger partial charge in [-0.1, -0.05) is 13.0 Å². The highest BCUT2D eigenvalue weighted by atomic mass is 16.3. The summed E-state index contributed by atoms with van der Waals surface area (Å²) in [6.45, 7) is 2.13. The Morgan fingerprint density at radius 1 is 1.78 bits per heavy atom. The Kier molecular flexibility index (Phi) is 1.93. The summed E-state index contributed by atoms with van der Waals surface area (Å²) in [4.78, 5) is 0. The summed E-state index contributed by atoms with van der Waals surface area (Å²) in [6.07, 6.45) is 7.89. The fourth-order valence-electron chi connectivity index (χ4n) is 1.01. The summed E-state index contributed by atoms with van der Waals surface area (Å²) in [5.74, 6) is 0.989. The van der Waals surface area contributed by atoms with Crippen molar-refractivity contribution in [2.45, 2.75) is 19.8 Å². The first-order chi connectivity index (χ1) is 4.33. The Morgan fingerprint density at radius 2 is 2.56 bits per heavy atom. The number of allylic oxidation sites excluding steroid dienone is 3. The molecule has 0 fully saturated rings. The van der Waals surface area contributed by atoms with Crippen LogP contribution in [0, 0.1) is 5.92 Å². The molecule has 1 heteroatoms. The Hall–Kier alpha value is -0.720. The second-order valence-corrected chi connectivity index (χ2v) is 2.40. The molecule has 0 heterocycles. The minimum Gasteiger partial charge on any atom is -0.508 e. The van der Waals surface area contributed by atoms with Gasteiger partial charge in [-0.05, 0) is 30.9 Å². The van der Waals surface area contributed by atoms with Crippen LogP contribution in [-0.4, -0.2) is 5.11 Å². The molecule has 1 aliphatic carbocycles. The van der Waals surface area contributed by atoms with Crippen molar-refractivity contribution in [2.75, 3.05) is 0 Å². The van der Waals surface area contributed by atoms with Crippen LogP contribution in [0.2, 0.25) is 0 Å². The Labute approximate surface area is 55.7 Å². The van der Waals surface area contributed by atoms with Gasteiger partial charge in [-0.15, -0.1) is 0 Å². The van der Waals surface area contributed by atoms with E-state index in [1.54, 1.807) is 6.08 Å². The molecule has 0 aromatic heterocycles. The molecule has 9 heavy (non-hydrogen) atoms. The van der Waals surface area contributed by atoms with Crippen LogP contribution in [0.4, 0.5) is 0 Å². The van der Waals surface area contributed by atoms with E-state index < -0.39 is 0 Å². The molecule has 50 valence electrons. The molecule has 0 saturated heterocycles. The van der Waals surface area contributed by atoms with E-state index in [9.17, 15) is 0 Å². The van der Waals surface area contributed by atoms with Gasteiger partial charge >= 0.3 is 0 Å². The molecule has 0 aliphatic heterocycles. The van der Waals surface area contributed by atoms with Crippen LogP contribution in [0.5, 0.6) is 0 Å². The first kappa shape index (κ1) is 6.40. The Morgan fingerprint density at radius 3 is 3.00 bits per heavy atom. The summed E-state index contributed by atoms with van der Waals surface area (Å²) >= 11 is 0. The predicted octanol–water partition coefficient (Wildman–Crippen LogP) is 2.41. The normalized spacial score (nSPS) is 25.9. The number of aliphatic hydroxyl groups excluding tert-OH is 1. The van der Waals surface area contributed by atoms with Crippen LogP contribution in [0.15, 0.2) is 24.0 Å². The van der Waals surface area contributed by atoms with E-state index in [0.29, 0.717) is 11.7 Å². The minimum absolute atomic E-state index is 0.424. The van der Waals surface area contributed by atoms with Gasteiger partial charge in [-0.3, -0.25) is 0 Å². The summed E-state index contributed by atoms with van der Waals surface area (Å²) in [5, 5.41) is 8.98. The topological polar surface area (TPSA) is 20.2 Å². The van der Waals surface area contributed by atoms with E-state index in [1.807, 2.05) is 12.2 Å². The van der Waals surface area contributed by atoms with Gasteiger partial charge in [0, 0.05) is 0 Å². The first-order valence-electron chi connectivity index (χ1n) is 3.40. The van der Waals surface area contributed by atoms with E-state index in [-0.39, 0.29) is 0 Å². The standard InChI is InChI=1S/C8H12O/c1-2-7-4-3-5-8(9)6-7/h3,5-7,9H,2,4H2,1H3. The molecule has 1 atom stereocenters. The van der Waals surface area contributed by atoms with Crippen molar-refractivity contribution in [1.29, 1.82) is 0 Å². The quantitative estimate of drug-likeness (QED) is 0.569. The number of hydrogen-bond donors (Lipinski definition) is 1. The molecule has 1 N–H and O–H groups in total. The predicted molar refractivity (Wildman–Crippen MR) is 38.2 cm³/mol. The highest BCUT2D eigenvalue weighted by Crippen LogP contribution is 2.17. The molecule has 0 radical (unpaired) electrons. The average molecular weight is 124 g/mol. The fraction of sp³-hybridized carbons (Fsp3) is 0.500. The third kappa shape index (κ3) is 1.60. The highest BCUT2D eigenvalue weighted by molar-refractivity contribution is 5.16. The molecular formula is C8H12O. The maximum atomic E-state index is 8.98. The maximum absolute atomic E-state index is 8.98. The Bertz CT molecular complexity index is 145. The van der Waals surface area contributed by atoms with Gasteiger partial charge in [-0.2, -0.15) is 0 Å². The van der Waals surface area contributed by atoms with E-state index in [2.05, 4.69) is 6.92 Å². The third-order valence-corrected chi connectivity index (χ3v) is 1.66. The molecule has 1 rings (SSSR count). The summed E-state index contributed by atoms with van der Waals surface area (Å²) < 4.78 is 0. The fourth-order valence-corrected chi connectivity index (χ4v) is 1.01. The van der Waals surface area contributed by atoms with Gasteiger partial charge in [0.2, 0.25) is 0 Å². The lowest BCUT2D eigenvalue weighted by Crippen LogP contribution is -1.97. The van der Waals surface area contributed by atoms with Gasteiger partial charge in [0.25, 0.3) is 0 Å². The van der Waals surface area contributed by atoms with Gasteiger partial charge in [0.1, 0.15) is 5.76 Å². The number of rotatable bonds is 1. The maximum Gasteiger partial charge on any atom is 0.111 e. The zero-order chi connectivity index (χ0) is 6.69. The van der Waals surface area contributed by atoms with E-state index in [4.69, 9.17) is 5.11 Å². The van der Waals surface area contributed by atoms with Crippen molar-refractivity contribution in [3.63, 3.8) is 0 Å². The molecule has 0 aromatic carbocycles. The van der Waals surface area contributed by atoms with E-state index >= 15 is 0 Å². The molecule has 0 spiro atoms. The molecule has 0 bridgehead atoms. The van der Waals surface area contributed by atoms with Crippen LogP contribution in [0.25, 0.3) is 0 Å². The molecule has 1 nitrogen and oxygen atoms in total. The van der Waals surface area contributed by atoms with Crippen LogP contribution >= 0.6 is 0 Å². The monoisotopic (exact) mass is 124 g/mol. The number of hydrogen-bond acceptors (Lipinski definition) is 1. The lowest BCUT2D eigenvalue weighted by atomic mass is 9.98. The summed E-state index contributed by atoms with van der Waals surface area (Å²) in [6, 6.07) is 0. The SMILES string of the molecule is CCC1C=C(O)C=CC1. The molecule has 0 amide bonds. The van der Waals surface area contributed by atoms with Crippen LogP contribution in [-0.2, 0) is 0 Å². The largest absolute Gasteiger partial charge is 0.508 e. The van der Waals surface area contributed by atoms with Gasteiger partial charge in [0.15, 0.2) is 0 Å². The van der Waals surface area contributed by atoms with E-state index in [1.165, 1.54) is 0 Å². The zero-order valence-corrected chi connectivity index (χ0v) is 5.67. The van der Waals surface area contributed by atoms with Crippen molar-refractivity contribution >= 4 is 0 Å². The van der Waals surface area contributed by atoms with Crippen molar-refractivity contribution < 1.29 is 5.11 Å². The number of aliphatic hydroxyl groups is 1. The van der Waals surface area contributed by atoms with Gasteiger partial charge in [0.05, 0.1) is 0 Å². The molecule has 1 aliphatic rings. The van der Waals surface area contributed by atoms with Crippen LogP contribution in [0.1, 0.15) is 19.8 Å². The molecule has 0 aromatic rings. The van der Waals surface area contributed by atoms with Crippen molar-refractivity contribution in [3.05, 3.63) is 24.0 Å². The van der Waals surface area contributed by atoms with Crippen molar-refractivity contribution in [3.8, 4) is 0 Å². The molecule has 0 saturated carbocycles. The van der Waals surface area contributed by atoms with Crippen LogP contribution < -0.4 is 0 Å². The smallest absolute Gasteiger partial charge is 0.111 e. The summed E-state index contributed by atoms with van der Waals surface area (Å²) in [7, 11) is 0. The summed E-state index contributed by atoms with van der Waals surface area (Å²) in [5.41, 5.74) is 0. The van der Waals surface area contributed by atoms with Crippen molar-refractivity contribution in [2.24, 2.45) is 5.92 Å². The van der Waals surface area contributed by atoms with Gasteiger partial charge < -0.3 is 5.11 Å². The van der Waals surface area contributed by atoms with E-state index in [0.717, 1.165) is 12.8 Å². The third-order valence-electron chi connectivity index (χ3n) is 1.66. The second kappa shape index (κ2) is 2.72. The Balaban J connectivity index is 2.55. The van der Waals surface area contributed by atoms with Crippen molar-refractivity contribution in [1.82, 2.24) is 0 Å². The molecular weight excluding hydrogens is 112 g/mol. The minimum atomic E-state index is 0.424. The molecule has 1 unspecified atom stereocenters. The second-order valence-electron chi connectivity index (χ2n) is 2.40. The van der Waals surface area contributed by atoms with Crippen LogP contribution in [0.3, 0.4) is 0 Å². The average Bonchev–Trinajstić information content (AvgIpc) is 1.88. The highest BCUT2D eigenvalue weighted by Gasteiger charge is 2.04. The first-order valence-corrected chi connectivity index (χ1v) is 3.40. The zero-order valence-electron chi connectivity index (χ0n) is 5.67. The lowest BCUT2D eigenvalue weighted by molar-refractivity contribution is 0.415. The van der Waals surface area contributed by atoms with Gasteiger partial charge in [-0.25, -0.2) is 0 Å². The lowest BCUT2D eigenvalue weighted by Gasteiger charge is -2.10.